The molecule has 0 aliphatic heterocycles. The number of nitrogens with zero attached hydrogens (tertiary/aromatic N) is 1. The summed E-state index contributed by atoms with van der Waals surface area (Å²) in [4.78, 5) is 88.6. The van der Waals surface area contributed by atoms with E-state index in [1.165, 1.54) is 72.8 Å². The molecule has 8 N–H and O–H groups in total. The van der Waals surface area contributed by atoms with Crippen molar-refractivity contribution in [2.45, 2.75) is 161 Å². The summed E-state index contributed by atoms with van der Waals surface area (Å²) in [5.41, 5.74) is 0. The fraction of sp³-hybridized carbons (Fsp3) is 0.806. The Morgan fingerprint density at radius 1 is 0.635 bits per heavy atom. The van der Waals surface area contributed by atoms with E-state index in [4.69, 9.17) is 0 Å². The number of carbonyl (C=O) groups excluding carboxylic acids is 6. The van der Waals surface area contributed by atoms with E-state index in [0.29, 0.717) is 6.42 Å². The number of hydrogen-bond acceptors (Lipinski definition) is 9. The second-order valence-electron chi connectivity index (χ2n) is 14.0. The summed E-state index contributed by atoms with van der Waals surface area (Å²) in [5, 5.41) is 41.3. The Bertz CT molecular complexity index is 1130. The Balaban J connectivity index is 4.80. The average molecular weight is 743 g/mol. The third kappa shape index (κ3) is 20.3. The van der Waals surface area contributed by atoms with Crippen molar-refractivity contribution in [3.8, 4) is 0 Å². The molecule has 6 atom stereocenters. The molecule has 52 heavy (non-hydrogen) atoms. The third-order valence-corrected chi connectivity index (χ3v) is 8.62. The van der Waals surface area contributed by atoms with Gasteiger partial charge in [0.1, 0.15) is 30.2 Å². The second-order valence-corrected chi connectivity index (χ2v) is 14.0. The fourth-order valence-electron chi connectivity index (χ4n) is 5.46. The van der Waals surface area contributed by atoms with Crippen LogP contribution in [0.25, 0.3) is 0 Å². The van der Waals surface area contributed by atoms with Crippen LogP contribution in [0.5, 0.6) is 0 Å². The number of amides is 6. The first kappa shape index (κ1) is 48.2. The van der Waals surface area contributed by atoms with Crippen molar-refractivity contribution >= 4 is 41.4 Å². The highest BCUT2D eigenvalue weighted by Crippen LogP contribution is 2.12. The molecule has 16 heteroatoms. The molecule has 300 valence electrons. The maximum Gasteiger partial charge on any atom is 0.326 e. The molecule has 6 amide bonds. The van der Waals surface area contributed by atoms with Crippen molar-refractivity contribution in [3.63, 3.8) is 0 Å². The number of carboxylic acid groups (broad SMARTS) is 1. The number of unbranched alkanes of at least 4 members (excludes halogenated alkanes) is 10. The Morgan fingerprint density at radius 2 is 1.13 bits per heavy atom. The monoisotopic (exact) mass is 742 g/mol. The van der Waals surface area contributed by atoms with Gasteiger partial charge >= 0.3 is 5.97 Å². The molecule has 0 radical (unpaired) electrons. The van der Waals surface area contributed by atoms with Crippen LogP contribution < -0.4 is 26.6 Å². The summed E-state index contributed by atoms with van der Waals surface area (Å²) in [6.07, 6.45) is 11.4. The Hall–Kier alpha value is -3.79. The lowest BCUT2D eigenvalue weighted by Gasteiger charge is -2.30. The number of aliphatic hydroxyl groups excluding tert-OH is 2. The number of aliphatic hydroxyl groups is 2. The molecular weight excluding hydrogens is 676 g/mol. The van der Waals surface area contributed by atoms with Crippen LogP contribution >= 0.6 is 0 Å². The van der Waals surface area contributed by atoms with Gasteiger partial charge in [0.2, 0.25) is 35.4 Å². The molecule has 0 rings (SSSR count). The van der Waals surface area contributed by atoms with Crippen molar-refractivity contribution in [1.29, 1.82) is 0 Å². The minimum absolute atomic E-state index is 0.0238. The molecule has 1 unspecified atom stereocenters. The lowest BCUT2D eigenvalue weighted by atomic mass is 10.0. The predicted octanol–water partition coefficient (Wildman–Crippen LogP) is 1.11. The molecule has 0 heterocycles. The highest BCUT2D eigenvalue weighted by molar-refractivity contribution is 5.95. The van der Waals surface area contributed by atoms with Crippen molar-refractivity contribution in [2.24, 2.45) is 5.92 Å². The van der Waals surface area contributed by atoms with E-state index in [1.807, 2.05) is 0 Å². The van der Waals surface area contributed by atoms with Gasteiger partial charge in [-0.3, -0.25) is 28.8 Å². The van der Waals surface area contributed by atoms with Gasteiger partial charge in [0.05, 0.1) is 19.3 Å². The topological polar surface area (TPSA) is 244 Å². The summed E-state index contributed by atoms with van der Waals surface area (Å²) >= 11 is 0. The quantitative estimate of drug-likeness (QED) is 0.0531. The lowest BCUT2D eigenvalue weighted by Crippen LogP contribution is -2.59. The van der Waals surface area contributed by atoms with E-state index in [1.54, 1.807) is 13.8 Å². The van der Waals surface area contributed by atoms with Gasteiger partial charge in [0.15, 0.2) is 0 Å². The number of hydrogen-bond donors (Lipinski definition) is 8. The van der Waals surface area contributed by atoms with Crippen LogP contribution in [0, 0.1) is 5.92 Å². The molecule has 0 bridgehead atoms. The fourth-order valence-corrected chi connectivity index (χ4v) is 5.46. The van der Waals surface area contributed by atoms with E-state index in [2.05, 4.69) is 33.5 Å². The smallest absolute Gasteiger partial charge is 0.326 e. The number of carboxylic acids is 1. The molecule has 0 saturated heterocycles. The molecule has 0 spiro atoms. The zero-order valence-corrected chi connectivity index (χ0v) is 32.3. The number of likely N-dealkylation sites (N-methyl/N-ethyl adjacent to an activating group) is 1. The Kier molecular flexibility index (Phi) is 24.9. The number of nitrogens with one attached hydrogen (secondary N) is 5. The van der Waals surface area contributed by atoms with Crippen molar-refractivity contribution in [1.82, 2.24) is 31.5 Å². The number of aliphatic carboxylic acids is 1. The van der Waals surface area contributed by atoms with Crippen LogP contribution in [-0.2, 0) is 33.6 Å². The summed E-state index contributed by atoms with van der Waals surface area (Å²) < 4.78 is 0. The van der Waals surface area contributed by atoms with Gasteiger partial charge in [-0.1, -0.05) is 85.0 Å². The van der Waals surface area contributed by atoms with Crippen LogP contribution in [0.2, 0.25) is 0 Å². The van der Waals surface area contributed by atoms with Crippen molar-refractivity contribution in [3.05, 3.63) is 0 Å². The van der Waals surface area contributed by atoms with Gasteiger partial charge in [0.25, 0.3) is 0 Å². The maximum atomic E-state index is 13.0. The second kappa shape index (κ2) is 26.9. The molecule has 0 aromatic carbocycles. The standard InChI is InChI=1S/C36H66N6O10/c1-8-9-10-11-12-13-14-15-16-17-18-19-29(45)40-28(22-43)34(49)38-24(4)32(47)37-21-30(46)42(7)31(26(6)44)35(50)39-25(5)33(48)41-27(36(51)52)20-23(2)3/h23-28,31,43-44H,8-22H2,1-7H3,(H,37,47)(H,38,49)(H,39,50)(H,40,45)(H,41,48)(H,51,52)/t24-,25+,26?,27+,28-,31+/m1/s1. The summed E-state index contributed by atoms with van der Waals surface area (Å²) in [6, 6.07) is -6.28. The van der Waals surface area contributed by atoms with E-state index in [0.717, 1.165) is 24.2 Å². The van der Waals surface area contributed by atoms with E-state index in [-0.39, 0.29) is 18.8 Å². The first-order chi connectivity index (χ1) is 24.5. The van der Waals surface area contributed by atoms with Crippen LogP contribution in [0.15, 0.2) is 0 Å². The van der Waals surface area contributed by atoms with E-state index >= 15 is 0 Å². The Labute approximate surface area is 309 Å². The normalized spacial score (nSPS) is 14.6. The maximum absolute atomic E-state index is 13.0. The molecule has 0 aliphatic carbocycles. The molecule has 0 aromatic heterocycles. The minimum Gasteiger partial charge on any atom is -0.480 e. The lowest BCUT2D eigenvalue weighted by molar-refractivity contribution is -0.144. The minimum atomic E-state index is -1.47. The first-order valence-electron chi connectivity index (χ1n) is 18.7. The molecule has 0 fully saturated rings. The third-order valence-electron chi connectivity index (χ3n) is 8.62. The first-order valence-corrected chi connectivity index (χ1v) is 18.7. The molecule has 16 nitrogen and oxygen atoms in total. The highest BCUT2D eigenvalue weighted by Gasteiger charge is 2.34. The molecule has 0 saturated carbocycles. The van der Waals surface area contributed by atoms with Gasteiger partial charge in [-0.05, 0) is 39.5 Å². The SMILES string of the molecule is CCCCCCCCCCCCCC(=O)N[C@H](CO)C(=O)N[C@H](C)C(=O)NCC(=O)N(C)[C@H](C(=O)N[C@@H](C)C(=O)N[C@@H](CC(C)C)C(=O)O)C(C)O. The van der Waals surface area contributed by atoms with Gasteiger partial charge in [0, 0.05) is 13.5 Å². The van der Waals surface area contributed by atoms with Crippen molar-refractivity contribution < 1.29 is 48.9 Å². The average Bonchev–Trinajstić information content (AvgIpc) is 3.07. The zero-order valence-electron chi connectivity index (χ0n) is 32.3. The highest BCUT2D eigenvalue weighted by atomic mass is 16.4. The van der Waals surface area contributed by atoms with Gasteiger partial charge in [-0.25, -0.2) is 4.79 Å². The summed E-state index contributed by atoms with van der Waals surface area (Å²) in [6.45, 7) is 8.41. The Morgan fingerprint density at radius 3 is 1.62 bits per heavy atom. The predicted molar refractivity (Wildman–Crippen MR) is 196 cm³/mol. The van der Waals surface area contributed by atoms with Crippen LogP contribution in [-0.4, -0.2) is 118 Å². The molecule has 0 aliphatic rings. The van der Waals surface area contributed by atoms with Crippen LogP contribution in [0.3, 0.4) is 0 Å². The van der Waals surface area contributed by atoms with Gasteiger partial charge in [-0.15, -0.1) is 0 Å². The van der Waals surface area contributed by atoms with Gasteiger partial charge in [-0.2, -0.15) is 0 Å². The van der Waals surface area contributed by atoms with Crippen LogP contribution in [0.1, 0.15) is 125 Å². The summed E-state index contributed by atoms with van der Waals surface area (Å²) in [7, 11) is 1.22. The van der Waals surface area contributed by atoms with Crippen LogP contribution in [0.4, 0.5) is 0 Å². The summed E-state index contributed by atoms with van der Waals surface area (Å²) in [5.74, 6) is -5.64. The molecular formula is C36H66N6O10. The van der Waals surface area contributed by atoms with Crippen molar-refractivity contribution in [2.75, 3.05) is 20.2 Å². The van der Waals surface area contributed by atoms with E-state index in [9.17, 15) is 48.9 Å². The van der Waals surface area contributed by atoms with Gasteiger partial charge < -0.3 is 46.8 Å². The number of rotatable bonds is 28. The number of carbonyl (C=O) groups is 7. The largest absolute Gasteiger partial charge is 0.480 e. The molecule has 0 aromatic rings. The van der Waals surface area contributed by atoms with E-state index < -0.39 is 90.9 Å². The zero-order chi connectivity index (χ0) is 39.8.